The van der Waals surface area contributed by atoms with Gasteiger partial charge in [-0.3, -0.25) is 0 Å². The van der Waals surface area contributed by atoms with Crippen LogP contribution >= 0.6 is 23.2 Å². The quantitative estimate of drug-likeness (QED) is 0.758. The van der Waals surface area contributed by atoms with Crippen LogP contribution in [-0.2, 0) is 4.74 Å². The van der Waals surface area contributed by atoms with Crippen molar-refractivity contribution in [3.05, 3.63) is 21.9 Å². The van der Waals surface area contributed by atoms with Crippen molar-refractivity contribution in [3.8, 4) is 0 Å². The maximum absolute atomic E-state index is 11.1. The van der Waals surface area contributed by atoms with Gasteiger partial charge in [-0.2, -0.15) is 0 Å². The van der Waals surface area contributed by atoms with Crippen molar-refractivity contribution in [1.29, 1.82) is 0 Å². The fourth-order valence-electron chi connectivity index (χ4n) is 0.750. The summed E-state index contributed by atoms with van der Waals surface area (Å²) in [4.78, 5) is 13.7. The van der Waals surface area contributed by atoms with Gasteiger partial charge in [-0.15, -0.1) is 0 Å². The number of hydrogen-bond acceptors (Lipinski definition) is 2. The molecule has 0 atom stereocenters. The summed E-state index contributed by atoms with van der Waals surface area (Å²) in [5, 5.41) is 0.599. The van der Waals surface area contributed by atoms with Gasteiger partial charge < -0.3 is 9.72 Å². The molecule has 0 aromatic carbocycles. The third kappa shape index (κ3) is 1.93. The number of H-pyrrole nitrogens is 1. The molecule has 1 rings (SSSR count). The summed E-state index contributed by atoms with van der Waals surface area (Å²) in [6, 6.07) is 1.45. The van der Waals surface area contributed by atoms with E-state index in [4.69, 9.17) is 27.9 Å². The van der Waals surface area contributed by atoms with Gasteiger partial charge in [0.1, 0.15) is 10.8 Å². The molecule has 1 heterocycles. The molecule has 0 radical (unpaired) electrons. The van der Waals surface area contributed by atoms with Crippen molar-refractivity contribution in [3.63, 3.8) is 0 Å². The molecule has 0 aliphatic carbocycles. The predicted molar refractivity (Wildman–Crippen MR) is 46.8 cm³/mol. The zero-order valence-corrected chi connectivity index (χ0v) is 7.87. The van der Waals surface area contributed by atoms with Crippen LogP contribution in [0.1, 0.15) is 17.4 Å². The van der Waals surface area contributed by atoms with Gasteiger partial charge in [0.2, 0.25) is 0 Å². The Hall–Kier alpha value is -0.670. The van der Waals surface area contributed by atoms with Crippen molar-refractivity contribution in [1.82, 2.24) is 4.98 Å². The van der Waals surface area contributed by atoms with Crippen LogP contribution in [0.3, 0.4) is 0 Å². The van der Waals surface area contributed by atoms with Gasteiger partial charge in [0.05, 0.1) is 11.6 Å². The predicted octanol–water partition coefficient (Wildman–Crippen LogP) is 2.50. The highest BCUT2D eigenvalue weighted by Crippen LogP contribution is 2.20. The lowest BCUT2D eigenvalue weighted by atomic mass is 10.4. The minimum atomic E-state index is -0.491. The molecule has 0 bridgehead atoms. The van der Waals surface area contributed by atoms with E-state index < -0.39 is 5.97 Å². The molecule has 3 nitrogen and oxygen atoms in total. The number of hydrogen-bond donors (Lipinski definition) is 1. The number of esters is 1. The van der Waals surface area contributed by atoms with Crippen LogP contribution in [0.25, 0.3) is 0 Å². The van der Waals surface area contributed by atoms with E-state index in [1.807, 2.05) is 0 Å². The maximum Gasteiger partial charge on any atom is 0.356 e. The Kier molecular flexibility index (Phi) is 3.00. The van der Waals surface area contributed by atoms with Gasteiger partial charge in [0, 0.05) is 0 Å². The molecule has 0 saturated heterocycles. The Labute approximate surface area is 79.6 Å². The molecule has 12 heavy (non-hydrogen) atoms. The number of halogens is 2. The Morgan fingerprint density at radius 2 is 2.33 bits per heavy atom. The molecule has 0 spiro atoms. The number of nitrogens with one attached hydrogen (secondary N) is 1. The number of aromatic nitrogens is 1. The van der Waals surface area contributed by atoms with E-state index >= 15 is 0 Å². The molecule has 0 aliphatic rings. The molecule has 0 fully saturated rings. The lowest BCUT2D eigenvalue weighted by molar-refractivity contribution is 0.0520. The van der Waals surface area contributed by atoms with Crippen molar-refractivity contribution in [2.45, 2.75) is 6.92 Å². The average molecular weight is 208 g/mol. The number of ether oxygens (including phenoxy) is 1. The second kappa shape index (κ2) is 3.83. The topological polar surface area (TPSA) is 42.1 Å². The van der Waals surface area contributed by atoms with Crippen LogP contribution in [0.4, 0.5) is 0 Å². The summed E-state index contributed by atoms with van der Waals surface area (Å²) < 4.78 is 4.71. The summed E-state index contributed by atoms with van der Waals surface area (Å²) in [5.74, 6) is -0.491. The lowest BCUT2D eigenvalue weighted by Crippen LogP contribution is -2.05. The van der Waals surface area contributed by atoms with Crippen molar-refractivity contribution < 1.29 is 9.53 Å². The number of carbonyl (C=O) groups excluding carboxylic acids is 1. The molecule has 0 aliphatic heterocycles. The van der Waals surface area contributed by atoms with E-state index in [9.17, 15) is 4.79 Å². The standard InChI is InChI=1S/C7H7Cl2NO2/c1-2-12-7(11)6-4(8)3-5(9)10-6/h3,10H,2H2,1H3. The van der Waals surface area contributed by atoms with Crippen molar-refractivity contribution in [2.75, 3.05) is 6.61 Å². The summed E-state index contributed by atoms with van der Waals surface area (Å²) in [7, 11) is 0. The third-order valence-electron chi connectivity index (χ3n) is 1.22. The van der Waals surface area contributed by atoms with E-state index in [2.05, 4.69) is 4.98 Å². The third-order valence-corrected chi connectivity index (χ3v) is 1.72. The largest absolute Gasteiger partial charge is 0.461 e. The summed E-state index contributed by atoms with van der Waals surface area (Å²) in [6.07, 6.45) is 0. The molecular formula is C7H7Cl2NO2. The first-order chi connectivity index (χ1) is 5.65. The minimum Gasteiger partial charge on any atom is -0.461 e. The van der Waals surface area contributed by atoms with Gasteiger partial charge >= 0.3 is 5.97 Å². The van der Waals surface area contributed by atoms with Gasteiger partial charge in [0.15, 0.2) is 0 Å². The average Bonchev–Trinajstić information content (AvgIpc) is 2.30. The Balaban J connectivity index is 2.87. The first-order valence-corrected chi connectivity index (χ1v) is 4.12. The van der Waals surface area contributed by atoms with E-state index in [0.717, 1.165) is 0 Å². The van der Waals surface area contributed by atoms with Crippen LogP contribution in [0.15, 0.2) is 6.07 Å². The highest BCUT2D eigenvalue weighted by molar-refractivity contribution is 6.36. The van der Waals surface area contributed by atoms with Gasteiger partial charge in [-0.05, 0) is 13.0 Å². The normalized spacial score (nSPS) is 9.92. The van der Waals surface area contributed by atoms with Crippen LogP contribution in [-0.4, -0.2) is 17.6 Å². The molecule has 1 N–H and O–H groups in total. The minimum absolute atomic E-state index is 0.198. The number of rotatable bonds is 2. The van der Waals surface area contributed by atoms with Crippen LogP contribution < -0.4 is 0 Å². The van der Waals surface area contributed by atoms with Crippen molar-refractivity contribution >= 4 is 29.2 Å². The van der Waals surface area contributed by atoms with Gasteiger partial charge in [0.25, 0.3) is 0 Å². The van der Waals surface area contributed by atoms with Gasteiger partial charge in [-0.25, -0.2) is 4.79 Å². The molecule has 0 amide bonds. The van der Waals surface area contributed by atoms with E-state index in [1.54, 1.807) is 6.92 Å². The Morgan fingerprint density at radius 3 is 2.75 bits per heavy atom. The smallest absolute Gasteiger partial charge is 0.356 e. The van der Waals surface area contributed by atoms with Gasteiger partial charge in [-0.1, -0.05) is 23.2 Å². The second-order valence-corrected chi connectivity index (χ2v) is 2.88. The fourth-order valence-corrected chi connectivity index (χ4v) is 1.24. The molecule has 5 heteroatoms. The number of carbonyl (C=O) groups is 1. The SMILES string of the molecule is CCOC(=O)c1[nH]c(Cl)cc1Cl. The van der Waals surface area contributed by atoms with Crippen LogP contribution in [0.5, 0.6) is 0 Å². The highest BCUT2D eigenvalue weighted by Gasteiger charge is 2.13. The Morgan fingerprint density at radius 1 is 1.67 bits per heavy atom. The fraction of sp³-hybridized carbons (Fsp3) is 0.286. The molecule has 0 unspecified atom stereocenters. The summed E-state index contributed by atoms with van der Waals surface area (Å²) in [6.45, 7) is 2.03. The maximum atomic E-state index is 11.1. The first-order valence-electron chi connectivity index (χ1n) is 3.36. The Bertz CT molecular complexity index is 296. The van der Waals surface area contributed by atoms with Crippen LogP contribution in [0.2, 0.25) is 10.2 Å². The molecule has 66 valence electrons. The summed E-state index contributed by atoms with van der Waals surface area (Å²) in [5.41, 5.74) is 0.198. The zero-order chi connectivity index (χ0) is 9.14. The van der Waals surface area contributed by atoms with E-state index in [0.29, 0.717) is 11.8 Å². The molecule has 1 aromatic rings. The molecule has 1 aromatic heterocycles. The molecule has 0 saturated carbocycles. The first kappa shape index (κ1) is 9.42. The van der Waals surface area contributed by atoms with E-state index in [-0.39, 0.29) is 10.7 Å². The zero-order valence-electron chi connectivity index (χ0n) is 6.36. The monoisotopic (exact) mass is 207 g/mol. The van der Waals surface area contributed by atoms with E-state index in [1.165, 1.54) is 6.07 Å². The summed E-state index contributed by atoms with van der Waals surface area (Å²) >= 11 is 11.2. The second-order valence-electron chi connectivity index (χ2n) is 2.06. The highest BCUT2D eigenvalue weighted by atomic mass is 35.5. The number of aromatic amines is 1. The molecular weight excluding hydrogens is 201 g/mol. The van der Waals surface area contributed by atoms with Crippen LogP contribution in [0, 0.1) is 0 Å². The lowest BCUT2D eigenvalue weighted by Gasteiger charge is -1.98. The van der Waals surface area contributed by atoms with Crippen molar-refractivity contribution in [2.24, 2.45) is 0 Å².